The lowest BCUT2D eigenvalue weighted by Crippen LogP contribution is -2.15. The minimum absolute atomic E-state index is 0.0260. The maximum atomic E-state index is 13.4. The van der Waals surface area contributed by atoms with Crippen LogP contribution >= 0.6 is 11.7 Å². The van der Waals surface area contributed by atoms with E-state index in [0.717, 1.165) is 40.5 Å². The molecule has 4 aromatic rings. The van der Waals surface area contributed by atoms with Crippen molar-refractivity contribution in [1.29, 1.82) is 0 Å². The number of rotatable bonds is 3. The average molecular weight is 374 g/mol. The van der Waals surface area contributed by atoms with Crippen molar-refractivity contribution in [3.63, 3.8) is 0 Å². The Morgan fingerprint density at radius 2 is 1.69 bits per heavy atom. The lowest BCUT2D eigenvalue weighted by atomic mass is 10.0. The first-order chi connectivity index (χ1) is 12.5. The lowest BCUT2D eigenvalue weighted by molar-refractivity contribution is 0.447. The number of aromatic nitrogens is 4. The minimum atomic E-state index is -1.55. The monoisotopic (exact) mass is 374 g/mol. The van der Waals surface area contributed by atoms with Gasteiger partial charge in [-0.2, -0.15) is 13.8 Å². The number of H-pyrrole nitrogens is 1. The molecule has 0 saturated heterocycles. The fourth-order valence-corrected chi connectivity index (χ4v) is 3.10. The molecule has 0 aliphatic heterocycles. The number of benzene rings is 2. The normalized spacial score (nSPS) is 11.2. The van der Waals surface area contributed by atoms with Crippen LogP contribution in [0.3, 0.4) is 0 Å². The molecule has 5 nitrogen and oxygen atoms in total. The van der Waals surface area contributed by atoms with Crippen LogP contribution in [0.5, 0.6) is 0 Å². The van der Waals surface area contributed by atoms with Crippen molar-refractivity contribution in [3.05, 3.63) is 75.3 Å². The van der Waals surface area contributed by atoms with Crippen molar-refractivity contribution in [2.45, 2.75) is 6.42 Å². The highest BCUT2D eigenvalue weighted by molar-refractivity contribution is 7.00. The molecule has 0 amide bonds. The van der Waals surface area contributed by atoms with Crippen LogP contribution in [0.15, 0.2) is 41.2 Å². The van der Waals surface area contributed by atoms with Crippen molar-refractivity contribution in [3.8, 4) is 11.3 Å². The predicted octanol–water partition coefficient (Wildman–Crippen LogP) is 3.45. The Hall–Kier alpha value is -3.07. The van der Waals surface area contributed by atoms with Gasteiger partial charge >= 0.3 is 0 Å². The van der Waals surface area contributed by atoms with Crippen LogP contribution in [0.2, 0.25) is 0 Å². The zero-order valence-corrected chi connectivity index (χ0v) is 13.8. The Morgan fingerprint density at radius 3 is 2.46 bits per heavy atom. The highest BCUT2D eigenvalue weighted by atomic mass is 32.1. The van der Waals surface area contributed by atoms with Crippen molar-refractivity contribution in [2.75, 3.05) is 0 Å². The molecule has 0 atom stereocenters. The second-order valence-corrected chi connectivity index (χ2v) is 6.15. The third-order valence-corrected chi connectivity index (χ3v) is 4.43. The molecular formula is C17H9F3N4OS. The fourth-order valence-electron chi connectivity index (χ4n) is 2.59. The highest BCUT2D eigenvalue weighted by Crippen LogP contribution is 2.23. The standard InChI is InChI=1S/C17H9F3N4OS/c18-11-5-9(6-12(19)16(11)20)14-7-10(17(25)22-21-14)3-8-1-2-13-15(4-8)24-26-23-13/h1-2,4-7H,3H2,(H,22,25). The summed E-state index contributed by atoms with van der Waals surface area (Å²) in [7, 11) is 0. The SMILES string of the molecule is O=c1[nH]nc(-c2cc(F)c(F)c(F)c2)cc1Cc1ccc2nsnc2c1. The average Bonchev–Trinajstić information content (AvgIpc) is 3.09. The Balaban J connectivity index is 1.73. The Bertz CT molecular complexity index is 1170. The number of fused-ring (bicyclic) bond motifs is 1. The summed E-state index contributed by atoms with van der Waals surface area (Å²) < 4.78 is 48.3. The highest BCUT2D eigenvalue weighted by Gasteiger charge is 2.14. The molecule has 0 aliphatic rings. The van der Waals surface area contributed by atoms with Gasteiger partial charge in [0.15, 0.2) is 17.5 Å². The summed E-state index contributed by atoms with van der Waals surface area (Å²) >= 11 is 1.10. The van der Waals surface area contributed by atoms with Gasteiger partial charge in [0.25, 0.3) is 5.56 Å². The van der Waals surface area contributed by atoms with E-state index in [9.17, 15) is 18.0 Å². The molecule has 0 spiro atoms. The number of aromatic amines is 1. The van der Waals surface area contributed by atoms with Crippen molar-refractivity contribution in [2.24, 2.45) is 0 Å². The zero-order valence-electron chi connectivity index (χ0n) is 13.0. The summed E-state index contributed by atoms with van der Waals surface area (Å²) in [4.78, 5) is 12.1. The van der Waals surface area contributed by atoms with Gasteiger partial charge in [0.2, 0.25) is 0 Å². The molecule has 9 heteroatoms. The van der Waals surface area contributed by atoms with Gasteiger partial charge in [-0.05, 0) is 35.9 Å². The number of nitrogens with zero attached hydrogens (tertiary/aromatic N) is 3. The molecule has 2 aromatic carbocycles. The Kier molecular flexibility index (Phi) is 4.00. The number of hydrogen-bond acceptors (Lipinski definition) is 5. The molecule has 4 rings (SSSR count). The summed E-state index contributed by atoms with van der Waals surface area (Å²) in [5.41, 5.74) is 2.40. The molecule has 2 heterocycles. The number of nitrogens with one attached hydrogen (secondary N) is 1. The molecule has 0 bridgehead atoms. The topological polar surface area (TPSA) is 71.5 Å². The van der Waals surface area contributed by atoms with Crippen LogP contribution in [0.1, 0.15) is 11.1 Å². The van der Waals surface area contributed by atoms with E-state index < -0.39 is 23.0 Å². The molecule has 0 unspecified atom stereocenters. The molecule has 2 aromatic heterocycles. The summed E-state index contributed by atoms with van der Waals surface area (Å²) in [5, 5.41) is 6.09. The van der Waals surface area contributed by atoms with E-state index in [0.29, 0.717) is 5.56 Å². The van der Waals surface area contributed by atoms with Crippen LogP contribution in [-0.2, 0) is 6.42 Å². The van der Waals surface area contributed by atoms with E-state index in [1.807, 2.05) is 12.1 Å². The van der Waals surface area contributed by atoms with Crippen LogP contribution in [-0.4, -0.2) is 18.9 Å². The first kappa shape index (κ1) is 16.4. The predicted molar refractivity (Wildman–Crippen MR) is 90.4 cm³/mol. The van der Waals surface area contributed by atoms with E-state index in [-0.39, 0.29) is 17.7 Å². The molecular weight excluding hydrogens is 365 g/mol. The minimum Gasteiger partial charge on any atom is -0.268 e. The van der Waals surface area contributed by atoms with E-state index >= 15 is 0 Å². The van der Waals surface area contributed by atoms with E-state index in [2.05, 4.69) is 18.9 Å². The van der Waals surface area contributed by atoms with Gasteiger partial charge < -0.3 is 0 Å². The van der Waals surface area contributed by atoms with Gasteiger partial charge in [-0.25, -0.2) is 18.3 Å². The summed E-state index contributed by atoms with van der Waals surface area (Å²) in [6, 6.07) is 8.52. The van der Waals surface area contributed by atoms with Crippen molar-refractivity contribution < 1.29 is 13.2 Å². The smallest absolute Gasteiger partial charge is 0.267 e. The van der Waals surface area contributed by atoms with Crippen LogP contribution in [0.25, 0.3) is 22.3 Å². The maximum Gasteiger partial charge on any atom is 0.267 e. The summed E-state index contributed by atoms with van der Waals surface area (Å²) in [5.74, 6) is -4.20. The van der Waals surface area contributed by atoms with Gasteiger partial charge in [0.05, 0.1) is 17.4 Å². The van der Waals surface area contributed by atoms with Gasteiger partial charge in [0.1, 0.15) is 11.0 Å². The van der Waals surface area contributed by atoms with Gasteiger partial charge in [-0.1, -0.05) is 6.07 Å². The molecule has 1 N–H and O–H groups in total. The summed E-state index contributed by atoms with van der Waals surface area (Å²) in [6.07, 6.45) is 0.268. The van der Waals surface area contributed by atoms with Crippen LogP contribution < -0.4 is 5.56 Å². The molecule has 130 valence electrons. The van der Waals surface area contributed by atoms with Gasteiger partial charge in [0, 0.05) is 17.5 Å². The summed E-state index contributed by atoms with van der Waals surface area (Å²) in [6.45, 7) is 0. The Labute approximate surface area is 148 Å². The first-order valence-electron chi connectivity index (χ1n) is 7.46. The van der Waals surface area contributed by atoms with E-state index in [4.69, 9.17) is 0 Å². The third-order valence-electron chi connectivity index (χ3n) is 3.87. The first-order valence-corrected chi connectivity index (χ1v) is 8.19. The van der Waals surface area contributed by atoms with Crippen LogP contribution in [0, 0.1) is 17.5 Å². The van der Waals surface area contributed by atoms with E-state index in [1.54, 1.807) is 6.07 Å². The molecule has 0 radical (unpaired) electrons. The third kappa shape index (κ3) is 2.97. The molecule has 0 fully saturated rings. The second kappa shape index (κ2) is 6.34. The zero-order chi connectivity index (χ0) is 18.3. The quantitative estimate of drug-likeness (QED) is 0.558. The second-order valence-electron chi connectivity index (χ2n) is 5.63. The van der Waals surface area contributed by atoms with Gasteiger partial charge in [-0.3, -0.25) is 4.79 Å². The molecule has 0 aliphatic carbocycles. The number of halogens is 3. The maximum absolute atomic E-state index is 13.4. The molecule has 26 heavy (non-hydrogen) atoms. The number of hydrogen-bond donors (Lipinski definition) is 1. The van der Waals surface area contributed by atoms with Crippen LogP contribution in [0.4, 0.5) is 13.2 Å². The largest absolute Gasteiger partial charge is 0.268 e. The van der Waals surface area contributed by atoms with Gasteiger partial charge in [-0.15, -0.1) is 0 Å². The lowest BCUT2D eigenvalue weighted by Gasteiger charge is -2.06. The fraction of sp³-hybridized carbons (Fsp3) is 0.0588. The van der Waals surface area contributed by atoms with Crippen molar-refractivity contribution >= 4 is 22.8 Å². The Morgan fingerprint density at radius 1 is 0.962 bits per heavy atom. The van der Waals surface area contributed by atoms with E-state index in [1.165, 1.54) is 6.07 Å². The molecule has 0 saturated carbocycles. The van der Waals surface area contributed by atoms with Crippen molar-refractivity contribution in [1.82, 2.24) is 18.9 Å².